The van der Waals surface area contributed by atoms with Crippen LogP contribution in [-0.2, 0) is 0 Å². The first kappa shape index (κ1) is 11.2. The highest BCUT2D eigenvalue weighted by Gasteiger charge is 2.15. The predicted octanol–water partition coefficient (Wildman–Crippen LogP) is 2.86. The summed E-state index contributed by atoms with van der Waals surface area (Å²) in [6, 6.07) is 8.36. The van der Waals surface area contributed by atoms with Crippen molar-refractivity contribution in [3.63, 3.8) is 0 Å². The number of nitrogens with two attached hydrogens (primary N) is 1. The molecule has 1 aromatic rings. The molecular formula is C14H20N2. The van der Waals surface area contributed by atoms with Crippen LogP contribution in [0.1, 0.15) is 30.9 Å². The third kappa shape index (κ3) is 2.27. The number of hydrogen-bond donors (Lipinski definition) is 1. The molecule has 0 aliphatic carbocycles. The zero-order valence-corrected chi connectivity index (χ0v) is 9.73. The standard InChI is InChI=1S/C14H20N2/c1-2-13(15)12-8-4-5-9-14(12)16-10-6-3-7-11-16/h2,4-5,8-9,13H,1,3,6-7,10-11,15H2/t13-/m0/s1. The summed E-state index contributed by atoms with van der Waals surface area (Å²) >= 11 is 0. The van der Waals surface area contributed by atoms with Crippen LogP contribution in [0.2, 0.25) is 0 Å². The average molecular weight is 216 g/mol. The fourth-order valence-corrected chi connectivity index (χ4v) is 2.32. The van der Waals surface area contributed by atoms with Crippen LogP contribution in [0, 0.1) is 0 Å². The van der Waals surface area contributed by atoms with E-state index in [-0.39, 0.29) is 6.04 Å². The minimum Gasteiger partial charge on any atom is -0.371 e. The first-order chi connectivity index (χ1) is 7.83. The summed E-state index contributed by atoms with van der Waals surface area (Å²) in [4.78, 5) is 2.45. The van der Waals surface area contributed by atoms with Crippen LogP contribution in [0.3, 0.4) is 0 Å². The molecule has 0 radical (unpaired) electrons. The van der Waals surface area contributed by atoms with Gasteiger partial charge in [-0.15, -0.1) is 6.58 Å². The molecule has 0 aromatic heterocycles. The van der Waals surface area contributed by atoms with Crippen LogP contribution >= 0.6 is 0 Å². The lowest BCUT2D eigenvalue weighted by Crippen LogP contribution is -2.30. The highest BCUT2D eigenvalue weighted by atomic mass is 15.1. The normalized spacial score (nSPS) is 18.2. The maximum absolute atomic E-state index is 6.06. The Morgan fingerprint density at radius 3 is 2.56 bits per heavy atom. The Bertz CT molecular complexity index is 354. The van der Waals surface area contributed by atoms with Gasteiger partial charge in [0, 0.05) is 24.8 Å². The topological polar surface area (TPSA) is 29.3 Å². The monoisotopic (exact) mass is 216 g/mol. The summed E-state index contributed by atoms with van der Waals surface area (Å²) in [6.07, 6.45) is 5.74. The van der Waals surface area contributed by atoms with Crippen LogP contribution in [0.15, 0.2) is 36.9 Å². The first-order valence-corrected chi connectivity index (χ1v) is 6.05. The van der Waals surface area contributed by atoms with Gasteiger partial charge in [0.1, 0.15) is 0 Å². The van der Waals surface area contributed by atoms with Crippen LogP contribution in [0.4, 0.5) is 5.69 Å². The van der Waals surface area contributed by atoms with Crippen molar-refractivity contribution in [1.82, 2.24) is 0 Å². The lowest BCUT2D eigenvalue weighted by molar-refractivity contribution is 0.575. The van der Waals surface area contributed by atoms with Crippen molar-refractivity contribution in [2.45, 2.75) is 25.3 Å². The molecule has 0 saturated carbocycles. The van der Waals surface area contributed by atoms with Gasteiger partial charge in [0.15, 0.2) is 0 Å². The molecule has 1 heterocycles. The molecule has 2 N–H and O–H groups in total. The van der Waals surface area contributed by atoms with Crippen LogP contribution in [-0.4, -0.2) is 13.1 Å². The van der Waals surface area contributed by atoms with E-state index in [9.17, 15) is 0 Å². The van der Waals surface area contributed by atoms with Crippen molar-refractivity contribution < 1.29 is 0 Å². The molecule has 1 saturated heterocycles. The first-order valence-electron chi connectivity index (χ1n) is 6.05. The molecule has 1 aromatic carbocycles. The zero-order chi connectivity index (χ0) is 11.4. The highest BCUT2D eigenvalue weighted by Crippen LogP contribution is 2.27. The molecule has 16 heavy (non-hydrogen) atoms. The van der Waals surface area contributed by atoms with Crippen molar-refractivity contribution in [2.75, 3.05) is 18.0 Å². The lowest BCUT2D eigenvalue weighted by atomic mass is 10.0. The summed E-state index contributed by atoms with van der Waals surface area (Å²) in [5.41, 5.74) is 8.54. The molecule has 0 bridgehead atoms. The predicted molar refractivity (Wildman–Crippen MR) is 69.6 cm³/mol. The molecule has 0 unspecified atom stereocenters. The van der Waals surface area contributed by atoms with Crippen LogP contribution in [0.25, 0.3) is 0 Å². The second-order valence-corrected chi connectivity index (χ2v) is 4.37. The minimum atomic E-state index is -0.0573. The number of anilines is 1. The fraction of sp³-hybridized carbons (Fsp3) is 0.429. The number of rotatable bonds is 3. The zero-order valence-electron chi connectivity index (χ0n) is 9.73. The Kier molecular flexibility index (Phi) is 3.62. The van der Waals surface area contributed by atoms with Gasteiger partial charge in [0.2, 0.25) is 0 Å². The Morgan fingerprint density at radius 2 is 1.88 bits per heavy atom. The summed E-state index contributed by atoms with van der Waals surface area (Å²) in [6.45, 7) is 6.09. The van der Waals surface area contributed by atoms with E-state index in [2.05, 4.69) is 29.7 Å². The summed E-state index contributed by atoms with van der Waals surface area (Å²) in [5, 5.41) is 0. The quantitative estimate of drug-likeness (QED) is 0.787. The van der Waals surface area contributed by atoms with Crippen LogP contribution < -0.4 is 10.6 Å². The van der Waals surface area contributed by atoms with Gasteiger partial charge in [0.25, 0.3) is 0 Å². The smallest absolute Gasteiger partial charge is 0.0499 e. The number of piperidine rings is 1. The Labute approximate surface area is 97.8 Å². The number of benzene rings is 1. The lowest BCUT2D eigenvalue weighted by Gasteiger charge is -2.31. The van der Waals surface area contributed by atoms with E-state index >= 15 is 0 Å². The molecular weight excluding hydrogens is 196 g/mol. The second-order valence-electron chi connectivity index (χ2n) is 4.37. The van der Waals surface area contributed by atoms with E-state index < -0.39 is 0 Å². The molecule has 1 atom stereocenters. The van der Waals surface area contributed by atoms with Crippen molar-refractivity contribution >= 4 is 5.69 Å². The third-order valence-electron chi connectivity index (χ3n) is 3.25. The van der Waals surface area contributed by atoms with Crippen molar-refractivity contribution in [2.24, 2.45) is 5.73 Å². The molecule has 1 aliphatic rings. The summed E-state index contributed by atoms with van der Waals surface area (Å²) in [7, 11) is 0. The van der Waals surface area contributed by atoms with Gasteiger partial charge in [-0.05, 0) is 30.9 Å². The number of nitrogens with zero attached hydrogens (tertiary/aromatic N) is 1. The van der Waals surface area contributed by atoms with E-state index in [1.54, 1.807) is 0 Å². The molecule has 2 heteroatoms. The van der Waals surface area contributed by atoms with E-state index in [0.717, 1.165) is 13.1 Å². The molecule has 0 amide bonds. The Balaban J connectivity index is 2.27. The Morgan fingerprint density at radius 1 is 1.19 bits per heavy atom. The fourth-order valence-electron chi connectivity index (χ4n) is 2.32. The summed E-state index contributed by atoms with van der Waals surface area (Å²) in [5.74, 6) is 0. The second kappa shape index (κ2) is 5.17. The molecule has 86 valence electrons. The molecule has 2 nitrogen and oxygen atoms in total. The van der Waals surface area contributed by atoms with Gasteiger partial charge in [-0.3, -0.25) is 0 Å². The summed E-state index contributed by atoms with van der Waals surface area (Å²) < 4.78 is 0. The maximum Gasteiger partial charge on any atom is 0.0499 e. The molecule has 0 spiro atoms. The van der Waals surface area contributed by atoms with E-state index in [1.807, 2.05) is 12.1 Å². The number of hydrogen-bond acceptors (Lipinski definition) is 2. The maximum atomic E-state index is 6.06. The largest absolute Gasteiger partial charge is 0.371 e. The van der Waals surface area contributed by atoms with Crippen LogP contribution in [0.5, 0.6) is 0 Å². The minimum absolute atomic E-state index is 0.0573. The van der Waals surface area contributed by atoms with Crippen molar-refractivity contribution in [3.05, 3.63) is 42.5 Å². The molecule has 2 rings (SSSR count). The van der Waals surface area contributed by atoms with Gasteiger partial charge >= 0.3 is 0 Å². The molecule has 1 aliphatic heterocycles. The van der Waals surface area contributed by atoms with Gasteiger partial charge in [-0.2, -0.15) is 0 Å². The van der Waals surface area contributed by atoms with Crippen molar-refractivity contribution in [1.29, 1.82) is 0 Å². The van der Waals surface area contributed by atoms with Crippen molar-refractivity contribution in [3.8, 4) is 0 Å². The third-order valence-corrected chi connectivity index (χ3v) is 3.25. The SMILES string of the molecule is C=C[C@H](N)c1ccccc1N1CCCCC1. The van der Waals surface area contributed by atoms with Gasteiger partial charge in [0.05, 0.1) is 0 Å². The van der Waals surface area contributed by atoms with E-state index in [4.69, 9.17) is 5.73 Å². The van der Waals surface area contributed by atoms with E-state index in [0.29, 0.717) is 0 Å². The number of para-hydroxylation sites is 1. The highest BCUT2D eigenvalue weighted by molar-refractivity contribution is 5.56. The Hall–Kier alpha value is -1.28. The average Bonchev–Trinajstić information content (AvgIpc) is 2.39. The van der Waals surface area contributed by atoms with Gasteiger partial charge < -0.3 is 10.6 Å². The van der Waals surface area contributed by atoms with E-state index in [1.165, 1.54) is 30.5 Å². The van der Waals surface area contributed by atoms with Gasteiger partial charge in [-0.1, -0.05) is 24.3 Å². The van der Waals surface area contributed by atoms with Gasteiger partial charge in [-0.25, -0.2) is 0 Å². The molecule has 1 fully saturated rings.